The van der Waals surface area contributed by atoms with E-state index in [-0.39, 0.29) is 17.7 Å². The van der Waals surface area contributed by atoms with Gasteiger partial charge >= 0.3 is 5.97 Å². The van der Waals surface area contributed by atoms with Crippen molar-refractivity contribution in [1.82, 2.24) is 4.90 Å². The molecular weight excluding hydrogens is 246 g/mol. The van der Waals surface area contributed by atoms with Crippen LogP contribution in [0.4, 0.5) is 0 Å². The highest BCUT2D eigenvalue weighted by Gasteiger charge is 2.25. The molecule has 5 nitrogen and oxygen atoms in total. The molecule has 1 aliphatic rings. The second-order valence-corrected chi connectivity index (χ2v) is 5.95. The predicted molar refractivity (Wildman–Crippen MR) is 71.8 cm³/mol. The van der Waals surface area contributed by atoms with Crippen LogP contribution in [0.3, 0.4) is 0 Å². The van der Waals surface area contributed by atoms with Crippen molar-refractivity contribution in [2.75, 3.05) is 19.7 Å². The van der Waals surface area contributed by atoms with Crippen molar-refractivity contribution in [2.24, 2.45) is 5.41 Å². The number of carboxylic acid groups (broad SMARTS) is 1. The van der Waals surface area contributed by atoms with Gasteiger partial charge < -0.3 is 14.7 Å². The number of ether oxygens (including phenoxy) is 1. The first kappa shape index (κ1) is 15.7. The number of carbonyl (C=O) groups excluding carboxylic acids is 1. The number of aliphatic carboxylic acids is 1. The second kappa shape index (κ2) is 6.19. The van der Waals surface area contributed by atoms with Crippen LogP contribution in [0.1, 0.15) is 34.1 Å². The topological polar surface area (TPSA) is 66.8 Å². The first-order valence-corrected chi connectivity index (χ1v) is 6.51. The third-order valence-electron chi connectivity index (χ3n) is 3.38. The molecule has 5 heteroatoms. The number of hydrogen-bond donors (Lipinski definition) is 1. The van der Waals surface area contributed by atoms with Crippen LogP contribution in [0, 0.1) is 5.41 Å². The van der Waals surface area contributed by atoms with Gasteiger partial charge in [-0.2, -0.15) is 0 Å². The molecule has 1 atom stereocenters. The molecule has 1 rings (SSSR count). The Labute approximate surface area is 114 Å². The van der Waals surface area contributed by atoms with E-state index < -0.39 is 12.1 Å². The summed E-state index contributed by atoms with van der Waals surface area (Å²) in [4.78, 5) is 24.5. The minimum absolute atomic E-state index is 0.0393. The minimum Gasteiger partial charge on any atom is -0.481 e. The zero-order chi connectivity index (χ0) is 14.6. The van der Waals surface area contributed by atoms with Crippen LogP contribution in [0.25, 0.3) is 0 Å². The van der Waals surface area contributed by atoms with Gasteiger partial charge in [-0.05, 0) is 12.3 Å². The van der Waals surface area contributed by atoms with Crippen LogP contribution >= 0.6 is 0 Å². The summed E-state index contributed by atoms with van der Waals surface area (Å²) >= 11 is 0. The fourth-order valence-corrected chi connectivity index (χ4v) is 1.73. The fourth-order valence-electron chi connectivity index (χ4n) is 1.73. The third kappa shape index (κ3) is 5.03. The van der Waals surface area contributed by atoms with Gasteiger partial charge in [0.1, 0.15) is 0 Å². The normalized spacial score (nSPS) is 21.4. The molecular formula is C14H23NO4. The summed E-state index contributed by atoms with van der Waals surface area (Å²) in [6, 6.07) is 0. The van der Waals surface area contributed by atoms with E-state index in [1.54, 1.807) is 11.0 Å². The summed E-state index contributed by atoms with van der Waals surface area (Å²) in [5, 5.41) is 8.75. The quantitative estimate of drug-likeness (QED) is 0.792. The maximum Gasteiger partial charge on any atom is 0.306 e. The highest BCUT2D eigenvalue weighted by atomic mass is 16.5. The number of rotatable bonds is 3. The number of nitrogens with zero attached hydrogens (tertiary/aromatic N) is 1. The lowest BCUT2D eigenvalue weighted by atomic mass is 9.87. The van der Waals surface area contributed by atoms with Crippen molar-refractivity contribution in [3.63, 3.8) is 0 Å². The van der Waals surface area contributed by atoms with Crippen molar-refractivity contribution in [3.05, 3.63) is 11.6 Å². The lowest BCUT2D eigenvalue weighted by Crippen LogP contribution is -2.45. The van der Waals surface area contributed by atoms with Gasteiger partial charge in [-0.3, -0.25) is 9.59 Å². The van der Waals surface area contributed by atoms with Gasteiger partial charge in [0, 0.05) is 19.2 Å². The van der Waals surface area contributed by atoms with Gasteiger partial charge in [0.25, 0.3) is 0 Å². The molecule has 19 heavy (non-hydrogen) atoms. The maximum atomic E-state index is 12.1. The SMILES string of the molecule is C/C(=C\C(=O)N1CCOC(CC(=O)O)C1)C(C)(C)C. The van der Waals surface area contributed by atoms with E-state index in [4.69, 9.17) is 9.84 Å². The van der Waals surface area contributed by atoms with E-state index in [1.165, 1.54) is 0 Å². The Balaban J connectivity index is 2.65. The monoisotopic (exact) mass is 269 g/mol. The molecule has 0 radical (unpaired) electrons. The molecule has 0 bridgehead atoms. The molecule has 0 saturated carbocycles. The highest BCUT2D eigenvalue weighted by molar-refractivity contribution is 5.88. The summed E-state index contributed by atoms with van der Waals surface area (Å²) in [5.74, 6) is -0.966. The van der Waals surface area contributed by atoms with Crippen LogP contribution in [0.2, 0.25) is 0 Å². The lowest BCUT2D eigenvalue weighted by molar-refractivity contribution is -0.145. The van der Waals surface area contributed by atoms with Crippen molar-refractivity contribution in [2.45, 2.75) is 40.2 Å². The molecule has 1 aliphatic heterocycles. The van der Waals surface area contributed by atoms with Gasteiger partial charge in [-0.1, -0.05) is 26.3 Å². The molecule has 108 valence electrons. The van der Waals surface area contributed by atoms with Crippen LogP contribution in [0.15, 0.2) is 11.6 Å². The molecule has 0 aromatic rings. The number of carboxylic acids is 1. The van der Waals surface area contributed by atoms with Gasteiger partial charge in [-0.25, -0.2) is 0 Å². The van der Waals surface area contributed by atoms with Crippen molar-refractivity contribution in [1.29, 1.82) is 0 Å². The summed E-state index contributed by atoms with van der Waals surface area (Å²) in [7, 11) is 0. The average Bonchev–Trinajstić information content (AvgIpc) is 2.27. The second-order valence-electron chi connectivity index (χ2n) is 5.95. The van der Waals surface area contributed by atoms with E-state index in [0.717, 1.165) is 5.57 Å². The predicted octanol–water partition coefficient (Wildman–Crippen LogP) is 1.68. The van der Waals surface area contributed by atoms with Gasteiger partial charge in [0.2, 0.25) is 5.91 Å². The maximum absolute atomic E-state index is 12.1. The number of hydrogen-bond acceptors (Lipinski definition) is 3. The molecule has 1 amide bonds. The standard InChI is InChI=1S/C14H23NO4/c1-10(14(2,3)4)7-12(16)15-5-6-19-11(9-15)8-13(17)18/h7,11H,5-6,8-9H2,1-4H3,(H,17,18)/b10-7+. The lowest BCUT2D eigenvalue weighted by Gasteiger charge is -2.32. The van der Waals surface area contributed by atoms with E-state index in [9.17, 15) is 9.59 Å². The number of allylic oxidation sites excluding steroid dienone is 1. The van der Waals surface area contributed by atoms with Gasteiger partial charge in [-0.15, -0.1) is 0 Å². The Morgan fingerprint density at radius 1 is 1.42 bits per heavy atom. The molecule has 1 heterocycles. The highest BCUT2D eigenvalue weighted by Crippen LogP contribution is 2.24. The van der Waals surface area contributed by atoms with E-state index in [2.05, 4.69) is 20.8 Å². The van der Waals surface area contributed by atoms with Crippen LogP contribution in [-0.4, -0.2) is 47.7 Å². The third-order valence-corrected chi connectivity index (χ3v) is 3.38. The summed E-state index contributed by atoms with van der Waals surface area (Å²) in [5.41, 5.74) is 0.973. The zero-order valence-corrected chi connectivity index (χ0v) is 12.1. The van der Waals surface area contributed by atoms with Crippen LogP contribution in [0.5, 0.6) is 0 Å². The first-order chi connectivity index (χ1) is 8.70. The molecule has 1 unspecified atom stereocenters. The molecule has 1 N–H and O–H groups in total. The van der Waals surface area contributed by atoms with E-state index in [1.807, 2.05) is 6.92 Å². The summed E-state index contributed by atoms with van der Waals surface area (Å²) in [6.45, 7) is 9.36. The Morgan fingerprint density at radius 2 is 2.05 bits per heavy atom. The molecule has 0 aromatic carbocycles. The van der Waals surface area contributed by atoms with Crippen molar-refractivity contribution < 1.29 is 19.4 Å². The molecule has 1 fully saturated rings. The number of carbonyl (C=O) groups is 2. The Hall–Kier alpha value is -1.36. The Kier molecular flexibility index (Phi) is 5.11. The number of morpholine rings is 1. The largest absolute Gasteiger partial charge is 0.481 e. The first-order valence-electron chi connectivity index (χ1n) is 6.51. The van der Waals surface area contributed by atoms with Crippen LogP contribution < -0.4 is 0 Å². The number of amides is 1. The summed E-state index contributed by atoms with van der Waals surface area (Å²) < 4.78 is 5.35. The molecule has 1 saturated heterocycles. The van der Waals surface area contributed by atoms with Crippen molar-refractivity contribution >= 4 is 11.9 Å². The zero-order valence-electron chi connectivity index (χ0n) is 12.1. The van der Waals surface area contributed by atoms with Crippen molar-refractivity contribution in [3.8, 4) is 0 Å². The minimum atomic E-state index is -0.902. The Bertz CT molecular complexity index is 381. The smallest absolute Gasteiger partial charge is 0.306 e. The van der Waals surface area contributed by atoms with Gasteiger partial charge in [0.05, 0.1) is 19.1 Å². The van der Waals surface area contributed by atoms with Crippen LogP contribution in [-0.2, 0) is 14.3 Å². The van der Waals surface area contributed by atoms with E-state index in [0.29, 0.717) is 19.7 Å². The molecule has 0 spiro atoms. The van der Waals surface area contributed by atoms with E-state index >= 15 is 0 Å². The Morgan fingerprint density at radius 3 is 2.58 bits per heavy atom. The molecule has 0 aromatic heterocycles. The average molecular weight is 269 g/mol. The van der Waals surface area contributed by atoms with Gasteiger partial charge in [0.15, 0.2) is 0 Å². The fraction of sp³-hybridized carbons (Fsp3) is 0.714. The summed E-state index contributed by atoms with van der Waals surface area (Å²) in [6.07, 6.45) is 1.17. The molecule has 0 aliphatic carbocycles.